The number of benzene rings is 1. The summed E-state index contributed by atoms with van der Waals surface area (Å²) in [4.78, 5) is 12.4. The lowest BCUT2D eigenvalue weighted by Crippen LogP contribution is -2.22. The molecule has 2 rings (SSSR count). The zero-order valence-electron chi connectivity index (χ0n) is 12.0. The maximum atomic E-state index is 12.4. The monoisotopic (exact) mass is 259 g/mol. The Balaban J connectivity index is 2.78. The average Bonchev–Trinajstić information content (AvgIpc) is 2.60. The quantitative estimate of drug-likeness (QED) is 0.920. The number of nitrogens with zero attached hydrogens (tertiary/aromatic N) is 2. The van der Waals surface area contributed by atoms with Crippen LogP contribution in [0.5, 0.6) is 0 Å². The van der Waals surface area contributed by atoms with Gasteiger partial charge < -0.3 is 5.73 Å². The van der Waals surface area contributed by atoms with Gasteiger partial charge in [0.15, 0.2) is 0 Å². The first-order valence-electron chi connectivity index (χ1n) is 6.68. The molecule has 4 nitrogen and oxygen atoms in total. The Morgan fingerprint density at radius 3 is 2.16 bits per heavy atom. The molecule has 19 heavy (non-hydrogen) atoms. The van der Waals surface area contributed by atoms with E-state index in [9.17, 15) is 4.79 Å². The molecule has 0 aliphatic heterocycles. The SMILES string of the molecule is CCc1c(N)c(=O)n(-c2cc(C)cc(C)c2)n1CC. The van der Waals surface area contributed by atoms with Crippen molar-refractivity contribution in [2.75, 3.05) is 5.73 Å². The fourth-order valence-electron chi connectivity index (χ4n) is 2.64. The normalized spacial score (nSPS) is 10.9. The minimum Gasteiger partial charge on any atom is -0.393 e. The second kappa shape index (κ2) is 4.96. The van der Waals surface area contributed by atoms with Crippen molar-refractivity contribution in [3.63, 3.8) is 0 Å². The van der Waals surface area contributed by atoms with Crippen LogP contribution in [0.2, 0.25) is 0 Å². The predicted molar refractivity (Wildman–Crippen MR) is 79.0 cm³/mol. The van der Waals surface area contributed by atoms with Gasteiger partial charge in [-0.1, -0.05) is 13.0 Å². The van der Waals surface area contributed by atoms with Crippen LogP contribution in [0.3, 0.4) is 0 Å². The van der Waals surface area contributed by atoms with Gasteiger partial charge >= 0.3 is 0 Å². The summed E-state index contributed by atoms with van der Waals surface area (Å²) < 4.78 is 3.65. The lowest BCUT2D eigenvalue weighted by molar-refractivity contribution is 0.550. The number of hydrogen-bond donors (Lipinski definition) is 1. The fourth-order valence-corrected chi connectivity index (χ4v) is 2.64. The largest absolute Gasteiger partial charge is 0.393 e. The van der Waals surface area contributed by atoms with Crippen molar-refractivity contribution < 1.29 is 0 Å². The molecule has 4 heteroatoms. The Labute approximate surface area is 113 Å². The molecule has 0 radical (unpaired) electrons. The molecule has 1 aromatic heterocycles. The third kappa shape index (κ3) is 2.18. The van der Waals surface area contributed by atoms with Gasteiger partial charge in [0.1, 0.15) is 5.69 Å². The molecule has 1 aromatic carbocycles. The van der Waals surface area contributed by atoms with Crippen molar-refractivity contribution in [3.8, 4) is 5.69 Å². The fraction of sp³-hybridized carbons (Fsp3) is 0.400. The standard InChI is InChI=1S/C15H21N3O/c1-5-13-14(16)15(19)18(17(13)6-2)12-8-10(3)7-11(4)9-12/h7-9H,5-6,16H2,1-4H3. The maximum Gasteiger partial charge on any atom is 0.294 e. The Morgan fingerprint density at radius 2 is 1.68 bits per heavy atom. The van der Waals surface area contributed by atoms with Gasteiger partial charge in [-0.3, -0.25) is 9.48 Å². The van der Waals surface area contributed by atoms with E-state index in [1.54, 1.807) is 4.68 Å². The summed E-state index contributed by atoms with van der Waals surface area (Å²) >= 11 is 0. The zero-order valence-corrected chi connectivity index (χ0v) is 12.0. The van der Waals surface area contributed by atoms with E-state index in [-0.39, 0.29) is 5.56 Å². The van der Waals surface area contributed by atoms with Crippen molar-refractivity contribution in [2.45, 2.75) is 40.7 Å². The van der Waals surface area contributed by atoms with Crippen LogP contribution in [0, 0.1) is 13.8 Å². The highest BCUT2D eigenvalue weighted by molar-refractivity contribution is 5.47. The van der Waals surface area contributed by atoms with Crippen molar-refractivity contribution in [1.29, 1.82) is 0 Å². The second-order valence-corrected chi connectivity index (χ2v) is 4.89. The first-order valence-corrected chi connectivity index (χ1v) is 6.68. The molecule has 102 valence electrons. The van der Waals surface area contributed by atoms with Crippen LogP contribution in [0.25, 0.3) is 5.69 Å². The van der Waals surface area contributed by atoms with Crippen LogP contribution < -0.4 is 11.3 Å². The van der Waals surface area contributed by atoms with Crippen LogP contribution in [0.4, 0.5) is 5.69 Å². The van der Waals surface area contributed by atoms with E-state index in [1.807, 2.05) is 44.5 Å². The molecular formula is C15H21N3O. The predicted octanol–water partition coefficient (Wildman–Crippen LogP) is 2.42. The van der Waals surface area contributed by atoms with E-state index in [4.69, 9.17) is 5.73 Å². The molecule has 0 aliphatic carbocycles. The summed E-state index contributed by atoms with van der Waals surface area (Å²) in [5, 5.41) is 0. The maximum absolute atomic E-state index is 12.4. The number of nitrogens with two attached hydrogens (primary N) is 1. The van der Waals surface area contributed by atoms with E-state index < -0.39 is 0 Å². The minimum absolute atomic E-state index is 0.122. The summed E-state index contributed by atoms with van der Waals surface area (Å²) in [7, 11) is 0. The van der Waals surface area contributed by atoms with Crippen LogP contribution in [-0.2, 0) is 13.0 Å². The Kier molecular flexibility index (Phi) is 3.51. The molecule has 1 heterocycles. The number of aromatic nitrogens is 2. The van der Waals surface area contributed by atoms with Crippen LogP contribution in [-0.4, -0.2) is 9.36 Å². The summed E-state index contributed by atoms with van der Waals surface area (Å²) in [6.45, 7) is 8.83. The molecule has 2 N–H and O–H groups in total. The molecule has 0 saturated heterocycles. The molecule has 0 spiro atoms. The molecule has 2 aromatic rings. The number of aryl methyl sites for hydroxylation is 2. The summed E-state index contributed by atoms with van der Waals surface area (Å²) in [6.07, 6.45) is 0.757. The summed E-state index contributed by atoms with van der Waals surface area (Å²) in [5.74, 6) is 0. The molecule has 0 fully saturated rings. The molecular weight excluding hydrogens is 238 g/mol. The van der Waals surface area contributed by atoms with E-state index in [0.717, 1.165) is 35.5 Å². The number of hydrogen-bond acceptors (Lipinski definition) is 2. The highest BCUT2D eigenvalue weighted by Gasteiger charge is 2.16. The van der Waals surface area contributed by atoms with Crippen LogP contribution in [0.1, 0.15) is 30.7 Å². The molecule has 0 amide bonds. The topological polar surface area (TPSA) is 53.0 Å². The summed E-state index contributed by atoms with van der Waals surface area (Å²) in [6, 6.07) is 6.12. The van der Waals surface area contributed by atoms with E-state index >= 15 is 0 Å². The number of nitrogen functional groups attached to an aromatic ring is 1. The van der Waals surface area contributed by atoms with Gasteiger partial charge in [-0.25, -0.2) is 4.68 Å². The highest BCUT2D eigenvalue weighted by atomic mass is 16.1. The first kappa shape index (κ1) is 13.5. The highest BCUT2D eigenvalue weighted by Crippen LogP contribution is 2.17. The van der Waals surface area contributed by atoms with Crippen molar-refractivity contribution in [1.82, 2.24) is 9.36 Å². The Hall–Kier alpha value is -1.97. The summed E-state index contributed by atoms with van der Waals surface area (Å²) in [5.41, 5.74) is 10.3. The Morgan fingerprint density at radius 1 is 1.11 bits per heavy atom. The van der Waals surface area contributed by atoms with E-state index in [2.05, 4.69) is 6.07 Å². The van der Waals surface area contributed by atoms with Gasteiger partial charge in [0.05, 0.1) is 11.4 Å². The van der Waals surface area contributed by atoms with Crippen molar-refractivity contribution >= 4 is 5.69 Å². The third-order valence-electron chi connectivity index (χ3n) is 3.37. The van der Waals surface area contributed by atoms with Gasteiger partial charge in [0.25, 0.3) is 5.56 Å². The third-order valence-corrected chi connectivity index (χ3v) is 3.37. The Bertz CT molecular complexity index is 645. The average molecular weight is 259 g/mol. The van der Waals surface area contributed by atoms with Gasteiger partial charge in [0, 0.05) is 6.54 Å². The number of rotatable bonds is 3. The minimum atomic E-state index is -0.122. The first-order chi connectivity index (χ1) is 8.99. The van der Waals surface area contributed by atoms with Gasteiger partial charge in [0.2, 0.25) is 0 Å². The molecule has 0 saturated carbocycles. The van der Waals surface area contributed by atoms with Gasteiger partial charge in [-0.05, 0) is 50.5 Å². The van der Waals surface area contributed by atoms with Gasteiger partial charge in [-0.2, -0.15) is 0 Å². The van der Waals surface area contributed by atoms with Crippen molar-refractivity contribution in [2.24, 2.45) is 0 Å². The zero-order chi connectivity index (χ0) is 14.2. The van der Waals surface area contributed by atoms with Crippen LogP contribution in [0.15, 0.2) is 23.0 Å². The smallest absolute Gasteiger partial charge is 0.294 e. The van der Waals surface area contributed by atoms with E-state index in [1.165, 1.54) is 0 Å². The lowest BCUT2D eigenvalue weighted by atomic mass is 10.1. The van der Waals surface area contributed by atoms with Gasteiger partial charge in [-0.15, -0.1) is 0 Å². The molecule has 0 aliphatic rings. The second-order valence-electron chi connectivity index (χ2n) is 4.89. The number of anilines is 1. The molecule has 0 unspecified atom stereocenters. The molecule has 0 bridgehead atoms. The molecule has 0 atom stereocenters. The van der Waals surface area contributed by atoms with Crippen LogP contribution >= 0.6 is 0 Å². The van der Waals surface area contributed by atoms with E-state index in [0.29, 0.717) is 5.69 Å². The van der Waals surface area contributed by atoms with Crippen molar-refractivity contribution in [3.05, 3.63) is 45.4 Å². The lowest BCUT2D eigenvalue weighted by Gasteiger charge is -2.13.